The summed E-state index contributed by atoms with van der Waals surface area (Å²) in [6.45, 7) is 8.30. The molecule has 0 radical (unpaired) electrons. The van der Waals surface area contributed by atoms with Crippen LogP contribution in [0.2, 0.25) is 0 Å². The summed E-state index contributed by atoms with van der Waals surface area (Å²) in [5.74, 6) is 0. The lowest BCUT2D eigenvalue weighted by molar-refractivity contribution is -0.00205. The van der Waals surface area contributed by atoms with Crippen LogP contribution in [0.3, 0.4) is 0 Å². The van der Waals surface area contributed by atoms with E-state index in [4.69, 9.17) is 18.9 Å². The molecular weight excluding hydrogens is 399 g/mol. The molecule has 1 aliphatic rings. The summed E-state index contributed by atoms with van der Waals surface area (Å²) in [5.41, 5.74) is 0. The molecule has 130 valence electrons. The van der Waals surface area contributed by atoms with E-state index in [-0.39, 0.29) is 21.0 Å². The summed E-state index contributed by atoms with van der Waals surface area (Å²) >= 11 is 0.0122. The molecular formula is C15H29IN2O4. The first-order chi connectivity index (χ1) is 10.8. The molecule has 0 unspecified atom stereocenters. The molecule has 1 aliphatic heterocycles. The molecule has 1 rings (SSSR count). The Bertz CT molecular complexity index is 302. The van der Waals surface area contributed by atoms with E-state index in [0.29, 0.717) is 39.6 Å². The third kappa shape index (κ3) is 11.4. The number of hydrogen-bond donors (Lipinski definition) is 0. The van der Waals surface area contributed by atoms with Gasteiger partial charge in [-0.1, -0.05) is 6.92 Å². The minimum atomic E-state index is 0.0122. The van der Waals surface area contributed by atoms with Gasteiger partial charge in [-0.3, -0.25) is 0 Å². The standard InChI is InChI=1S/C15H29IN2O4/c1-3-7-19-9-11-21-13-14-22-12-10-20-8-6-18-5-4-17(2)16-15-18/h4-5,15H,3,6-14H2,1-2H3. The van der Waals surface area contributed by atoms with Gasteiger partial charge in [-0.15, -0.1) is 0 Å². The Hall–Kier alpha value is -0.220. The summed E-state index contributed by atoms with van der Waals surface area (Å²) in [5, 5.41) is 0. The van der Waals surface area contributed by atoms with Gasteiger partial charge < -0.3 is 27.0 Å². The first-order valence-corrected chi connectivity index (χ1v) is 9.99. The zero-order valence-electron chi connectivity index (χ0n) is 13.7. The van der Waals surface area contributed by atoms with Crippen molar-refractivity contribution in [1.29, 1.82) is 0 Å². The number of nitrogens with zero attached hydrogens (tertiary/aromatic N) is 2. The Kier molecular flexibility index (Phi) is 13.0. The molecule has 0 bridgehead atoms. The second kappa shape index (κ2) is 14.4. The number of halogens is 1. The molecule has 0 saturated carbocycles. The van der Waals surface area contributed by atoms with Crippen LogP contribution in [-0.4, -0.2) is 78.6 Å². The topological polar surface area (TPSA) is 43.4 Å². The average Bonchev–Trinajstić information content (AvgIpc) is 2.53. The highest BCUT2D eigenvalue weighted by molar-refractivity contribution is 14.2. The molecule has 0 N–H and O–H groups in total. The van der Waals surface area contributed by atoms with Crippen LogP contribution in [0.1, 0.15) is 13.3 Å². The van der Waals surface area contributed by atoms with E-state index in [1.165, 1.54) is 0 Å². The van der Waals surface area contributed by atoms with E-state index in [2.05, 4.69) is 38.5 Å². The van der Waals surface area contributed by atoms with E-state index in [1.54, 1.807) is 0 Å². The fourth-order valence-electron chi connectivity index (χ4n) is 1.57. The van der Waals surface area contributed by atoms with Crippen molar-refractivity contribution in [2.45, 2.75) is 13.3 Å². The van der Waals surface area contributed by atoms with Crippen molar-refractivity contribution in [3.63, 3.8) is 0 Å². The fourth-order valence-corrected chi connectivity index (χ4v) is 3.07. The molecule has 22 heavy (non-hydrogen) atoms. The second-order valence-corrected chi connectivity index (χ2v) is 7.34. The molecule has 1 heterocycles. The fraction of sp³-hybridized carbons (Fsp3) is 0.800. The normalized spacial score (nSPS) is 14.5. The van der Waals surface area contributed by atoms with Crippen LogP contribution < -0.4 is 0 Å². The summed E-state index contributed by atoms with van der Waals surface area (Å²) in [6.07, 6.45) is 5.25. The molecule has 0 fully saturated rings. The van der Waals surface area contributed by atoms with Gasteiger partial charge in [0.15, 0.2) is 0 Å². The largest absolute Gasteiger partial charge is 0.379 e. The predicted molar refractivity (Wildman–Crippen MR) is 97.3 cm³/mol. The Labute approximate surface area is 144 Å². The summed E-state index contributed by atoms with van der Waals surface area (Å²) in [4.78, 5) is 2.20. The number of ether oxygens (including phenoxy) is 4. The molecule has 0 spiro atoms. The maximum atomic E-state index is 5.55. The van der Waals surface area contributed by atoms with Crippen LogP contribution in [-0.2, 0) is 18.9 Å². The van der Waals surface area contributed by atoms with Crippen molar-refractivity contribution in [2.75, 3.05) is 66.4 Å². The highest BCUT2D eigenvalue weighted by atomic mass is 127. The van der Waals surface area contributed by atoms with E-state index in [1.807, 2.05) is 0 Å². The van der Waals surface area contributed by atoms with E-state index < -0.39 is 0 Å². The van der Waals surface area contributed by atoms with Gasteiger partial charge in [-0.05, 0) is 6.42 Å². The van der Waals surface area contributed by atoms with Crippen LogP contribution in [0.5, 0.6) is 0 Å². The predicted octanol–water partition coefficient (Wildman–Crippen LogP) is 1.83. The van der Waals surface area contributed by atoms with Crippen molar-refractivity contribution in [2.24, 2.45) is 0 Å². The van der Waals surface area contributed by atoms with Gasteiger partial charge in [0.1, 0.15) is 0 Å². The van der Waals surface area contributed by atoms with Crippen molar-refractivity contribution < 1.29 is 18.9 Å². The Morgan fingerprint density at radius 2 is 1.32 bits per heavy atom. The minimum absolute atomic E-state index is 0.0122. The second-order valence-electron chi connectivity index (χ2n) is 4.71. The van der Waals surface area contributed by atoms with Crippen molar-refractivity contribution in [3.8, 4) is 0 Å². The van der Waals surface area contributed by atoms with Crippen LogP contribution in [0.4, 0.5) is 0 Å². The lowest BCUT2D eigenvalue weighted by Crippen LogP contribution is -2.23. The molecule has 0 atom stereocenters. The van der Waals surface area contributed by atoms with Crippen molar-refractivity contribution in [1.82, 2.24) is 8.01 Å². The van der Waals surface area contributed by atoms with E-state index in [9.17, 15) is 0 Å². The minimum Gasteiger partial charge on any atom is -0.379 e. The van der Waals surface area contributed by atoms with E-state index in [0.717, 1.165) is 26.2 Å². The third-order valence-electron chi connectivity index (χ3n) is 2.74. The molecule has 0 aromatic carbocycles. The van der Waals surface area contributed by atoms with Crippen molar-refractivity contribution >= 4 is 25.1 Å². The van der Waals surface area contributed by atoms with Crippen LogP contribution >= 0.6 is 21.0 Å². The average molecular weight is 428 g/mol. The van der Waals surface area contributed by atoms with Gasteiger partial charge >= 0.3 is 0 Å². The smallest absolute Gasteiger partial charge is 0.0701 e. The molecule has 0 aliphatic carbocycles. The van der Waals surface area contributed by atoms with Gasteiger partial charge in [0.25, 0.3) is 0 Å². The zero-order valence-corrected chi connectivity index (χ0v) is 15.9. The maximum Gasteiger partial charge on any atom is 0.0701 e. The lowest BCUT2D eigenvalue weighted by Gasteiger charge is -2.21. The zero-order chi connectivity index (χ0) is 15.9. The van der Waals surface area contributed by atoms with Gasteiger partial charge in [-0.25, -0.2) is 0 Å². The number of hydrogen-bond acceptors (Lipinski definition) is 6. The van der Waals surface area contributed by atoms with Gasteiger partial charge in [-0.2, -0.15) is 0 Å². The van der Waals surface area contributed by atoms with Crippen LogP contribution in [0, 0.1) is 0 Å². The van der Waals surface area contributed by atoms with Crippen molar-refractivity contribution in [3.05, 3.63) is 12.4 Å². The first-order valence-electron chi connectivity index (χ1n) is 7.78. The van der Waals surface area contributed by atoms with Crippen LogP contribution in [0.25, 0.3) is 0 Å². The maximum absolute atomic E-state index is 5.55. The van der Waals surface area contributed by atoms with Gasteiger partial charge in [0.2, 0.25) is 0 Å². The third-order valence-corrected chi connectivity index (χ3v) is 4.91. The molecule has 0 saturated heterocycles. The number of rotatable bonds is 14. The Morgan fingerprint density at radius 1 is 0.773 bits per heavy atom. The Morgan fingerprint density at radius 3 is 1.82 bits per heavy atom. The molecule has 6 nitrogen and oxygen atoms in total. The Balaban J connectivity index is 1.75. The SMILES string of the molecule is CCCOCCOCCOCCOCCN1C=CN(C)I=C1. The molecule has 0 aromatic heterocycles. The summed E-state index contributed by atoms with van der Waals surface area (Å²) < 4.78 is 26.2. The quantitative estimate of drug-likeness (QED) is 0.239. The van der Waals surface area contributed by atoms with E-state index >= 15 is 0 Å². The molecule has 7 heteroatoms. The highest BCUT2D eigenvalue weighted by Gasteiger charge is 2.00. The first kappa shape index (κ1) is 19.8. The van der Waals surface area contributed by atoms with Gasteiger partial charge in [0, 0.05) is 53.6 Å². The molecule has 0 aromatic rings. The highest BCUT2D eigenvalue weighted by Crippen LogP contribution is 2.10. The van der Waals surface area contributed by atoms with Crippen LogP contribution in [0.15, 0.2) is 12.4 Å². The monoisotopic (exact) mass is 428 g/mol. The van der Waals surface area contributed by atoms with Gasteiger partial charge in [0.05, 0.1) is 50.4 Å². The summed E-state index contributed by atoms with van der Waals surface area (Å²) in [7, 11) is 2.10. The summed E-state index contributed by atoms with van der Waals surface area (Å²) in [6, 6.07) is 0. The molecule has 0 amide bonds. The lowest BCUT2D eigenvalue weighted by atomic mass is 10.5.